The lowest BCUT2D eigenvalue weighted by Gasteiger charge is -2.28. The standard InChI is InChI=1S/C15H18ClF3N2O3S/c1-4-13(8(2)9(3)25(22,23)24)21-7-20-12-5-10(15(17,18)19)11(16)6-14(12)21/h5-9,13H,4H2,1-3H3,(H,22,23,24). The summed E-state index contributed by atoms with van der Waals surface area (Å²) in [6.45, 7) is 4.77. The Morgan fingerprint density at radius 1 is 1.32 bits per heavy atom. The molecule has 2 aromatic rings. The fraction of sp³-hybridized carbons (Fsp3) is 0.533. The van der Waals surface area contributed by atoms with Crippen molar-refractivity contribution in [2.75, 3.05) is 0 Å². The molecule has 25 heavy (non-hydrogen) atoms. The minimum atomic E-state index is -4.58. The lowest BCUT2D eigenvalue weighted by atomic mass is 9.96. The molecule has 1 aromatic carbocycles. The highest BCUT2D eigenvalue weighted by molar-refractivity contribution is 7.86. The number of H-pyrrole nitrogens is 1. The van der Waals surface area contributed by atoms with Crippen LogP contribution in [0, 0.1) is 5.92 Å². The van der Waals surface area contributed by atoms with E-state index in [0.717, 1.165) is 6.07 Å². The van der Waals surface area contributed by atoms with Crippen molar-refractivity contribution in [1.82, 2.24) is 4.98 Å². The number of alkyl halides is 3. The van der Waals surface area contributed by atoms with E-state index < -0.39 is 44.1 Å². The number of benzene rings is 1. The van der Waals surface area contributed by atoms with E-state index in [2.05, 4.69) is 4.98 Å². The summed E-state index contributed by atoms with van der Waals surface area (Å²) in [5.41, 5.74) is -0.320. The van der Waals surface area contributed by atoms with Crippen molar-refractivity contribution in [2.24, 2.45) is 5.92 Å². The quantitative estimate of drug-likeness (QED) is 0.617. The average Bonchev–Trinajstić information content (AvgIpc) is 2.87. The Kier molecular flexibility index (Phi) is 5.42. The van der Waals surface area contributed by atoms with Crippen LogP contribution in [0.2, 0.25) is 5.02 Å². The van der Waals surface area contributed by atoms with Crippen LogP contribution in [0.1, 0.15) is 38.8 Å². The zero-order valence-electron chi connectivity index (χ0n) is 13.8. The van der Waals surface area contributed by atoms with Gasteiger partial charge in [-0.05, 0) is 13.3 Å². The van der Waals surface area contributed by atoms with Gasteiger partial charge < -0.3 is 4.55 Å². The van der Waals surface area contributed by atoms with Gasteiger partial charge in [0.05, 0.1) is 26.0 Å². The van der Waals surface area contributed by atoms with E-state index in [1.807, 2.05) is 6.92 Å². The van der Waals surface area contributed by atoms with Crippen LogP contribution in [0.25, 0.3) is 11.0 Å². The number of imidazole rings is 1. The van der Waals surface area contributed by atoms with Gasteiger partial charge in [0.25, 0.3) is 0 Å². The van der Waals surface area contributed by atoms with Gasteiger partial charge in [-0.1, -0.05) is 25.4 Å². The number of hydrogen-bond donors (Lipinski definition) is 1. The number of hydrogen-bond acceptors (Lipinski definition) is 3. The Labute approximate surface area is 148 Å². The molecule has 3 unspecified atom stereocenters. The van der Waals surface area contributed by atoms with Crippen molar-refractivity contribution in [1.29, 1.82) is 0 Å². The smallest absolute Gasteiger partial charge is 0.418 e. The molecule has 0 saturated heterocycles. The van der Waals surface area contributed by atoms with Crippen molar-refractivity contribution in [3.05, 3.63) is 29.0 Å². The molecule has 1 heterocycles. The summed E-state index contributed by atoms with van der Waals surface area (Å²) in [4.78, 5) is 2.75. The van der Waals surface area contributed by atoms with Crippen LogP contribution in [0.4, 0.5) is 13.2 Å². The second-order valence-corrected chi connectivity index (χ2v) is 8.20. The van der Waals surface area contributed by atoms with Crippen LogP contribution in [0.15, 0.2) is 18.5 Å². The predicted octanol–water partition coefficient (Wildman–Crippen LogP) is 3.65. The van der Waals surface area contributed by atoms with E-state index in [9.17, 15) is 26.1 Å². The van der Waals surface area contributed by atoms with E-state index in [0.29, 0.717) is 11.9 Å². The molecule has 0 amide bonds. The first-order valence-corrected chi connectivity index (χ1v) is 9.46. The SMILES string of the molecule is CCC(C(C)C(C)S(=O)(=O)[O-])[n+]1c[nH]c2cc(C(F)(F)F)c(Cl)cc21. The molecule has 0 bridgehead atoms. The maximum atomic E-state index is 13.0. The molecule has 10 heteroatoms. The van der Waals surface area contributed by atoms with Crippen LogP contribution in [-0.4, -0.2) is 23.2 Å². The third kappa shape index (κ3) is 3.93. The Balaban J connectivity index is 2.55. The summed E-state index contributed by atoms with van der Waals surface area (Å²) in [6.07, 6.45) is -2.63. The summed E-state index contributed by atoms with van der Waals surface area (Å²) in [7, 11) is -4.48. The Morgan fingerprint density at radius 2 is 1.92 bits per heavy atom. The lowest BCUT2D eigenvalue weighted by molar-refractivity contribution is -0.705. The van der Waals surface area contributed by atoms with E-state index in [4.69, 9.17) is 11.6 Å². The highest BCUT2D eigenvalue weighted by Crippen LogP contribution is 2.36. The molecule has 0 aliphatic carbocycles. The molecule has 0 aliphatic rings. The highest BCUT2D eigenvalue weighted by atomic mass is 35.5. The van der Waals surface area contributed by atoms with Gasteiger partial charge >= 0.3 is 6.18 Å². The second-order valence-electron chi connectivity index (χ2n) is 6.06. The van der Waals surface area contributed by atoms with E-state index in [-0.39, 0.29) is 5.52 Å². The maximum Gasteiger partial charge on any atom is 0.418 e. The monoisotopic (exact) mass is 398 g/mol. The minimum Gasteiger partial charge on any atom is -0.748 e. The number of fused-ring (bicyclic) bond motifs is 1. The van der Waals surface area contributed by atoms with Gasteiger partial charge in [-0.15, -0.1) is 0 Å². The van der Waals surface area contributed by atoms with Crippen LogP contribution in [-0.2, 0) is 16.3 Å². The molecule has 0 fully saturated rings. The molecule has 1 N–H and O–H groups in total. The maximum absolute atomic E-state index is 13.0. The molecule has 1 aromatic heterocycles. The van der Waals surface area contributed by atoms with Gasteiger partial charge in [0.15, 0.2) is 11.0 Å². The van der Waals surface area contributed by atoms with Crippen molar-refractivity contribution in [3.8, 4) is 0 Å². The molecule has 3 atom stereocenters. The van der Waals surface area contributed by atoms with Crippen molar-refractivity contribution >= 4 is 32.8 Å². The number of nitrogens with one attached hydrogen (secondary N) is 1. The third-order valence-corrected chi connectivity index (χ3v) is 6.26. The number of aromatic amines is 1. The number of halogens is 4. The summed E-state index contributed by atoms with van der Waals surface area (Å²) >= 11 is 5.79. The highest BCUT2D eigenvalue weighted by Gasteiger charge is 2.36. The van der Waals surface area contributed by atoms with Gasteiger partial charge in [-0.25, -0.2) is 18.0 Å². The summed E-state index contributed by atoms with van der Waals surface area (Å²) in [5, 5.41) is -1.58. The molecule has 0 spiro atoms. The van der Waals surface area contributed by atoms with E-state index >= 15 is 0 Å². The Hall–Kier alpha value is -1.32. The predicted molar refractivity (Wildman–Crippen MR) is 86.2 cm³/mol. The summed E-state index contributed by atoms with van der Waals surface area (Å²) in [5.74, 6) is -0.544. The first kappa shape index (κ1) is 20.0. The van der Waals surface area contributed by atoms with E-state index in [1.165, 1.54) is 19.3 Å². The second kappa shape index (κ2) is 6.77. The molecular weight excluding hydrogens is 381 g/mol. The third-order valence-electron chi connectivity index (χ3n) is 4.61. The van der Waals surface area contributed by atoms with Crippen molar-refractivity contribution in [2.45, 2.75) is 44.7 Å². The molecule has 0 aliphatic heterocycles. The number of nitrogens with zero attached hydrogens (tertiary/aromatic N) is 1. The topological polar surface area (TPSA) is 76.9 Å². The van der Waals surface area contributed by atoms with Crippen molar-refractivity contribution in [3.63, 3.8) is 0 Å². The largest absolute Gasteiger partial charge is 0.748 e. The van der Waals surface area contributed by atoms with Gasteiger partial charge in [0.1, 0.15) is 6.04 Å². The first-order valence-electron chi connectivity index (χ1n) is 7.61. The van der Waals surface area contributed by atoms with Gasteiger partial charge in [-0.3, -0.25) is 0 Å². The number of aromatic nitrogens is 2. The van der Waals surface area contributed by atoms with Gasteiger partial charge in [-0.2, -0.15) is 13.2 Å². The zero-order valence-corrected chi connectivity index (χ0v) is 15.3. The summed E-state index contributed by atoms with van der Waals surface area (Å²) < 4.78 is 74.5. The van der Waals surface area contributed by atoms with Crippen LogP contribution >= 0.6 is 11.6 Å². The molecule has 2 rings (SSSR count). The lowest BCUT2D eigenvalue weighted by Crippen LogP contribution is -2.45. The van der Waals surface area contributed by atoms with Crippen molar-refractivity contribution < 1.29 is 30.7 Å². The fourth-order valence-electron chi connectivity index (χ4n) is 2.99. The first-order chi connectivity index (χ1) is 11.4. The minimum absolute atomic E-state index is 0.222. The number of rotatable bonds is 5. The molecule has 0 saturated carbocycles. The fourth-order valence-corrected chi connectivity index (χ4v) is 3.96. The molecular formula is C15H18ClF3N2O3S. The average molecular weight is 399 g/mol. The zero-order chi connectivity index (χ0) is 19.2. The molecule has 0 radical (unpaired) electrons. The Bertz CT molecular complexity index is 880. The molecule has 140 valence electrons. The van der Waals surface area contributed by atoms with Gasteiger partial charge in [0.2, 0.25) is 6.33 Å². The normalized spacial score (nSPS) is 16.8. The van der Waals surface area contributed by atoms with Crippen LogP contribution in [0.3, 0.4) is 0 Å². The van der Waals surface area contributed by atoms with E-state index in [1.54, 1.807) is 11.5 Å². The van der Waals surface area contributed by atoms with Crippen LogP contribution < -0.4 is 4.57 Å². The Morgan fingerprint density at radius 3 is 2.40 bits per heavy atom. The van der Waals surface area contributed by atoms with Gasteiger partial charge in [0, 0.05) is 18.1 Å². The van der Waals surface area contributed by atoms with Crippen LogP contribution in [0.5, 0.6) is 0 Å². The molecule has 5 nitrogen and oxygen atoms in total. The summed E-state index contributed by atoms with van der Waals surface area (Å²) in [6, 6.07) is 1.71.